The summed E-state index contributed by atoms with van der Waals surface area (Å²) >= 11 is 0. The second-order valence-corrected chi connectivity index (χ2v) is 5.18. The lowest BCUT2D eigenvalue weighted by atomic mass is 10.3. The van der Waals surface area contributed by atoms with Crippen molar-refractivity contribution in [2.75, 3.05) is 45.9 Å². The van der Waals surface area contributed by atoms with Gasteiger partial charge in [0.05, 0.1) is 19.8 Å². The van der Waals surface area contributed by atoms with E-state index in [9.17, 15) is 4.79 Å². The first-order valence-electron chi connectivity index (χ1n) is 7.65. The molecular weight excluding hydrogens is 270 g/mol. The molecule has 1 aromatic rings. The second-order valence-electron chi connectivity index (χ2n) is 5.18. The number of piperazine rings is 1. The van der Waals surface area contributed by atoms with Gasteiger partial charge in [-0.1, -0.05) is 6.92 Å². The van der Waals surface area contributed by atoms with Gasteiger partial charge in [-0.25, -0.2) is 0 Å². The fourth-order valence-electron chi connectivity index (χ4n) is 2.22. The first-order chi connectivity index (χ1) is 10.3. The Hall–Kier alpha value is -1.37. The van der Waals surface area contributed by atoms with Gasteiger partial charge in [0, 0.05) is 50.7 Å². The zero-order valence-corrected chi connectivity index (χ0v) is 12.7. The van der Waals surface area contributed by atoms with Gasteiger partial charge in [-0.2, -0.15) is 0 Å². The molecule has 0 atom stereocenters. The minimum atomic E-state index is -0.0945. The van der Waals surface area contributed by atoms with Crippen LogP contribution in [0.15, 0.2) is 17.1 Å². The third-order valence-electron chi connectivity index (χ3n) is 3.42. The Morgan fingerprint density at radius 1 is 1.29 bits per heavy atom. The summed E-state index contributed by atoms with van der Waals surface area (Å²) in [5, 5.41) is 3.32. The molecule has 0 bridgehead atoms. The Bertz CT molecular complexity index is 469. The molecule has 2 rings (SSSR count). The molecule has 1 fully saturated rings. The maximum atomic E-state index is 11.8. The summed E-state index contributed by atoms with van der Waals surface area (Å²) in [7, 11) is 0. The monoisotopic (exact) mass is 295 g/mol. The zero-order chi connectivity index (χ0) is 14.9. The van der Waals surface area contributed by atoms with Gasteiger partial charge < -0.3 is 19.8 Å². The quantitative estimate of drug-likeness (QED) is 0.687. The van der Waals surface area contributed by atoms with Gasteiger partial charge in [0.1, 0.15) is 0 Å². The van der Waals surface area contributed by atoms with Gasteiger partial charge in [0.25, 0.3) is 0 Å². The Morgan fingerprint density at radius 2 is 2.10 bits per heavy atom. The highest BCUT2D eigenvalue weighted by atomic mass is 16.5. The SMILES string of the molecule is CCCOc1c[nH]c(COCCN2CCNCC2)cc1=O. The minimum absolute atomic E-state index is 0.0945. The van der Waals surface area contributed by atoms with Crippen LogP contribution in [0.4, 0.5) is 0 Å². The molecular formula is C15H25N3O3. The lowest BCUT2D eigenvalue weighted by molar-refractivity contribution is 0.0866. The lowest BCUT2D eigenvalue weighted by Gasteiger charge is -2.26. The van der Waals surface area contributed by atoms with E-state index in [1.165, 1.54) is 0 Å². The summed E-state index contributed by atoms with van der Waals surface area (Å²) in [6, 6.07) is 1.55. The van der Waals surface area contributed by atoms with Crippen molar-refractivity contribution in [2.24, 2.45) is 0 Å². The van der Waals surface area contributed by atoms with Gasteiger partial charge >= 0.3 is 0 Å². The summed E-state index contributed by atoms with van der Waals surface area (Å²) in [4.78, 5) is 17.2. The van der Waals surface area contributed by atoms with Crippen molar-refractivity contribution in [2.45, 2.75) is 20.0 Å². The zero-order valence-electron chi connectivity index (χ0n) is 12.7. The van der Waals surface area contributed by atoms with Gasteiger partial charge in [0.15, 0.2) is 5.75 Å². The van der Waals surface area contributed by atoms with E-state index < -0.39 is 0 Å². The van der Waals surface area contributed by atoms with E-state index in [1.54, 1.807) is 12.3 Å². The maximum Gasteiger partial charge on any atom is 0.223 e. The fraction of sp³-hybridized carbons (Fsp3) is 0.667. The van der Waals surface area contributed by atoms with E-state index >= 15 is 0 Å². The molecule has 1 aliphatic heterocycles. The molecule has 2 heterocycles. The molecule has 0 spiro atoms. The molecule has 0 radical (unpaired) electrons. The number of H-pyrrole nitrogens is 1. The summed E-state index contributed by atoms with van der Waals surface area (Å²) in [5.41, 5.74) is 0.687. The van der Waals surface area contributed by atoms with Crippen molar-refractivity contribution in [3.05, 3.63) is 28.2 Å². The van der Waals surface area contributed by atoms with Crippen LogP contribution in [-0.4, -0.2) is 55.8 Å². The Labute approximate surface area is 125 Å². The average Bonchev–Trinajstić information content (AvgIpc) is 2.52. The third kappa shape index (κ3) is 5.49. The van der Waals surface area contributed by atoms with Crippen molar-refractivity contribution < 1.29 is 9.47 Å². The highest BCUT2D eigenvalue weighted by Gasteiger charge is 2.08. The van der Waals surface area contributed by atoms with Gasteiger partial charge in [-0.05, 0) is 6.42 Å². The van der Waals surface area contributed by atoms with E-state index in [1.807, 2.05) is 6.92 Å². The van der Waals surface area contributed by atoms with Crippen LogP contribution in [0, 0.1) is 0 Å². The molecule has 0 amide bonds. The van der Waals surface area contributed by atoms with Crippen molar-refractivity contribution in [1.82, 2.24) is 15.2 Å². The fourth-order valence-corrected chi connectivity index (χ4v) is 2.22. The predicted octanol–water partition coefficient (Wildman–Crippen LogP) is 0.586. The molecule has 6 heteroatoms. The average molecular weight is 295 g/mol. The number of aromatic amines is 1. The van der Waals surface area contributed by atoms with Crippen molar-refractivity contribution in [3.63, 3.8) is 0 Å². The number of rotatable bonds is 8. The van der Waals surface area contributed by atoms with E-state index in [0.717, 1.165) is 44.8 Å². The van der Waals surface area contributed by atoms with E-state index in [0.29, 0.717) is 25.6 Å². The molecule has 0 aliphatic carbocycles. The lowest BCUT2D eigenvalue weighted by Crippen LogP contribution is -2.44. The highest BCUT2D eigenvalue weighted by Crippen LogP contribution is 2.04. The summed E-state index contributed by atoms with van der Waals surface area (Å²) in [6.07, 6.45) is 2.50. The molecule has 2 N–H and O–H groups in total. The number of pyridine rings is 1. The van der Waals surface area contributed by atoms with Crippen LogP contribution in [0.2, 0.25) is 0 Å². The number of ether oxygens (including phenoxy) is 2. The summed E-state index contributed by atoms with van der Waals surface area (Å²) in [5.74, 6) is 0.376. The third-order valence-corrected chi connectivity index (χ3v) is 3.42. The smallest absolute Gasteiger partial charge is 0.223 e. The molecule has 0 aromatic carbocycles. The van der Waals surface area contributed by atoms with Crippen molar-refractivity contribution >= 4 is 0 Å². The molecule has 21 heavy (non-hydrogen) atoms. The topological polar surface area (TPSA) is 66.6 Å². The molecule has 0 saturated carbocycles. The van der Waals surface area contributed by atoms with Gasteiger partial charge in [-0.15, -0.1) is 0 Å². The Balaban J connectivity index is 1.70. The number of aromatic nitrogens is 1. The predicted molar refractivity (Wildman–Crippen MR) is 81.8 cm³/mol. The van der Waals surface area contributed by atoms with E-state index in [2.05, 4.69) is 15.2 Å². The van der Waals surface area contributed by atoms with Crippen molar-refractivity contribution in [3.8, 4) is 5.75 Å². The number of nitrogens with zero attached hydrogens (tertiary/aromatic N) is 1. The number of hydrogen-bond acceptors (Lipinski definition) is 5. The minimum Gasteiger partial charge on any atom is -0.488 e. The van der Waals surface area contributed by atoms with Gasteiger partial charge in [-0.3, -0.25) is 9.69 Å². The molecule has 1 aliphatic rings. The van der Waals surface area contributed by atoms with Crippen molar-refractivity contribution in [1.29, 1.82) is 0 Å². The van der Waals surface area contributed by atoms with Crippen LogP contribution in [0.25, 0.3) is 0 Å². The van der Waals surface area contributed by atoms with Crippen LogP contribution in [0.3, 0.4) is 0 Å². The van der Waals surface area contributed by atoms with E-state index in [4.69, 9.17) is 9.47 Å². The van der Waals surface area contributed by atoms with Gasteiger partial charge in [0.2, 0.25) is 5.43 Å². The van der Waals surface area contributed by atoms with Crippen LogP contribution in [-0.2, 0) is 11.3 Å². The molecule has 1 saturated heterocycles. The normalized spacial score (nSPS) is 16.0. The molecule has 1 aromatic heterocycles. The molecule has 6 nitrogen and oxygen atoms in total. The first-order valence-corrected chi connectivity index (χ1v) is 7.65. The summed E-state index contributed by atoms with van der Waals surface area (Å²) < 4.78 is 11.0. The molecule has 118 valence electrons. The van der Waals surface area contributed by atoms with Crippen LogP contribution in [0.5, 0.6) is 5.75 Å². The highest BCUT2D eigenvalue weighted by molar-refractivity contribution is 5.20. The number of nitrogens with one attached hydrogen (secondary N) is 2. The van der Waals surface area contributed by atoms with Crippen LogP contribution >= 0.6 is 0 Å². The van der Waals surface area contributed by atoms with Crippen LogP contribution in [0.1, 0.15) is 19.0 Å². The summed E-state index contributed by atoms with van der Waals surface area (Å²) in [6.45, 7) is 8.85. The number of hydrogen-bond donors (Lipinski definition) is 2. The maximum absolute atomic E-state index is 11.8. The molecule has 0 unspecified atom stereocenters. The Kier molecular flexibility index (Phi) is 6.72. The van der Waals surface area contributed by atoms with E-state index in [-0.39, 0.29) is 5.43 Å². The second kappa shape index (κ2) is 8.81. The Morgan fingerprint density at radius 3 is 2.81 bits per heavy atom. The standard InChI is InChI=1S/C15H25N3O3/c1-2-8-21-15-11-17-13(10-14(15)19)12-20-9-7-18-5-3-16-4-6-18/h10-11,16H,2-9,12H2,1H3,(H,17,19). The first kappa shape index (κ1) is 16.0. The van der Waals surface area contributed by atoms with Crippen LogP contribution < -0.4 is 15.5 Å². The largest absolute Gasteiger partial charge is 0.488 e.